The van der Waals surface area contributed by atoms with Crippen molar-refractivity contribution in [2.75, 3.05) is 11.1 Å². The molecule has 0 unspecified atom stereocenters. The topological polar surface area (TPSA) is 54.9 Å². The van der Waals surface area contributed by atoms with Crippen LogP contribution in [0.15, 0.2) is 71.8 Å². The number of carbonyl (C=O) groups is 1. The van der Waals surface area contributed by atoms with Crippen molar-refractivity contribution in [2.45, 2.75) is 25.3 Å². The molecule has 1 amide bonds. The van der Waals surface area contributed by atoms with Crippen molar-refractivity contribution < 1.29 is 4.79 Å². The summed E-state index contributed by atoms with van der Waals surface area (Å²) in [6, 6.07) is 21.5. The quantitative estimate of drug-likeness (QED) is 0.356. The largest absolute Gasteiger partial charge is 0.325 e. The first kappa shape index (κ1) is 21.3. The van der Waals surface area contributed by atoms with Crippen molar-refractivity contribution in [1.82, 2.24) is 9.97 Å². The minimum Gasteiger partial charge on any atom is -0.325 e. The second-order valence-electron chi connectivity index (χ2n) is 7.37. The Labute approximate surface area is 191 Å². The molecular weight excluding hydrogens is 426 g/mol. The highest BCUT2D eigenvalue weighted by atomic mass is 35.5. The van der Waals surface area contributed by atoms with Gasteiger partial charge >= 0.3 is 0 Å². The van der Waals surface area contributed by atoms with Crippen molar-refractivity contribution >= 4 is 46.0 Å². The van der Waals surface area contributed by atoms with Crippen LogP contribution in [0.4, 0.5) is 5.69 Å². The number of carbonyl (C=O) groups excluding carboxylic acids is 1. The molecule has 31 heavy (non-hydrogen) atoms. The second kappa shape index (κ2) is 9.50. The Morgan fingerprint density at radius 1 is 0.903 bits per heavy atom. The van der Waals surface area contributed by atoms with Crippen LogP contribution >= 0.6 is 23.4 Å². The number of rotatable bonds is 6. The van der Waals surface area contributed by atoms with Crippen LogP contribution in [0, 0.1) is 13.8 Å². The summed E-state index contributed by atoms with van der Waals surface area (Å²) in [6.45, 7) is 3.99. The molecule has 4 nitrogen and oxygen atoms in total. The molecule has 0 saturated heterocycles. The molecule has 1 aromatic heterocycles. The molecule has 0 fully saturated rings. The lowest BCUT2D eigenvalue weighted by atomic mass is 10.1. The van der Waals surface area contributed by atoms with Gasteiger partial charge in [0.1, 0.15) is 5.03 Å². The van der Waals surface area contributed by atoms with Crippen LogP contribution in [0.1, 0.15) is 22.4 Å². The number of para-hydroxylation sites is 3. The van der Waals surface area contributed by atoms with E-state index in [0.717, 1.165) is 44.1 Å². The van der Waals surface area contributed by atoms with Gasteiger partial charge in [-0.15, -0.1) is 0 Å². The highest BCUT2D eigenvalue weighted by Gasteiger charge is 2.14. The zero-order chi connectivity index (χ0) is 21.8. The number of aromatic nitrogens is 2. The van der Waals surface area contributed by atoms with Crippen molar-refractivity contribution in [1.29, 1.82) is 0 Å². The smallest absolute Gasteiger partial charge is 0.234 e. The van der Waals surface area contributed by atoms with Crippen LogP contribution in [0.5, 0.6) is 0 Å². The molecule has 4 rings (SSSR count). The van der Waals surface area contributed by atoms with Crippen LogP contribution in [0.2, 0.25) is 5.02 Å². The van der Waals surface area contributed by atoms with Gasteiger partial charge in [0.25, 0.3) is 0 Å². The Balaban J connectivity index is 1.56. The average molecular weight is 448 g/mol. The van der Waals surface area contributed by atoms with Crippen LogP contribution in [0.3, 0.4) is 0 Å². The van der Waals surface area contributed by atoms with E-state index in [-0.39, 0.29) is 11.7 Å². The first-order valence-electron chi connectivity index (χ1n) is 9.98. The summed E-state index contributed by atoms with van der Waals surface area (Å²) in [5.74, 6) is 0.198. The van der Waals surface area contributed by atoms with E-state index in [1.807, 2.05) is 80.6 Å². The summed E-state index contributed by atoms with van der Waals surface area (Å²) in [5.41, 5.74) is 6.58. The number of hydrogen-bond acceptors (Lipinski definition) is 4. The maximum atomic E-state index is 12.7. The summed E-state index contributed by atoms with van der Waals surface area (Å²) in [5, 5.41) is 4.51. The third-order valence-corrected chi connectivity index (χ3v) is 6.24. The minimum atomic E-state index is -0.0604. The van der Waals surface area contributed by atoms with Crippen molar-refractivity contribution in [3.8, 4) is 0 Å². The number of hydrogen-bond donors (Lipinski definition) is 1. The predicted octanol–water partition coefficient (Wildman–Crippen LogP) is 6.22. The molecule has 0 spiro atoms. The fourth-order valence-electron chi connectivity index (χ4n) is 3.37. The van der Waals surface area contributed by atoms with Gasteiger partial charge in [0.15, 0.2) is 0 Å². The SMILES string of the molecule is Cc1cccc(C)c1NC(=O)CSc1nc2ccccc2nc1Cc1ccc(Cl)cc1. The van der Waals surface area contributed by atoms with E-state index in [0.29, 0.717) is 11.4 Å². The zero-order valence-corrected chi connectivity index (χ0v) is 18.9. The van der Waals surface area contributed by atoms with Crippen molar-refractivity contribution in [3.05, 3.63) is 94.1 Å². The normalized spacial score (nSPS) is 10.9. The number of nitrogens with zero attached hydrogens (tertiary/aromatic N) is 2. The van der Waals surface area contributed by atoms with E-state index in [2.05, 4.69) is 5.32 Å². The lowest BCUT2D eigenvalue weighted by molar-refractivity contribution is -0.113. The Morgan fingerprint density at radius 3 is 2.23 bits per heavy atom. The molecule has 0 aliphatic heterocycles. The van der Waals surface area contributed by atoms with E-state index >= 15 is 0 Å². The van der Waals surface area contributed by atoms with Crippen LogP contribution < -0.4 is 5.32 Å². The summed E-state index contributed by atoms with van der Waals surface area (Å²) in [7, 11) is 0. The van der Waals surface area contributed by atoms with Gasteiger partial charge in [-0.2, -0.15) is 0 Å². The van der Waals surface area contributed by atoms with E-state index in [4.69, 9.17) is 21.6 Å². The monoisotopic (exact) mass is 447 g/mol. The number of nitrogens with one attached hydrogen (secondary N) is 1. The predicted molar refractivity (Wildman–Crippen MR) is 129 cm³/mol. The van der Waals surface area contributed by atoms with E-state index < -0.39 is 0 Å². The first-order chi connectivity index (χ1) is 15.0. The molecule has 1 N–H and O–H groups in total. The second-order valence-corrected chi connectivity index (χ2v) is 8.77. The van der Waals surface area contributed by atoms with Crippen molar-refractivity contribution in [2.24, 2.45) is 0 Å². The summed E-state index contributed by atoms with van der Waals surface area (Å²) in [6.07, 6.45) is 0.621. The van der Waals surface area contributed by atoms with Gasteiger partial charge in [0.2, 0.25) is 5.91 Å². The molecule has 0 aliphatic carbocycles. The third kappa shape index (κ3) is 5.24. The Morgan fingerprint density at radius 2 is 1.55 bits per heavy atom. The summed E-state index contributed by atoms with van der Waals surface area (Å²) < 4.78 is 0. The third-order valence-electron chi connectivity index (χ3n) is 4.98. The highest BCUT2D eigenvalue weighted by molar-refractivity contribution is 8.00. The summed E-state index contributed by atoms with van der Waals surface area (Å²) in [4.78, 5) is 22.3. The zero-order valence-electron chi connectivity index (χ0n) is 17.4. The van der Waals surface area contributed by atoms with Crippen molar-refractivity contribution in [3.63, 3.8) is 0 Å². The van der Waals surface area contributed by atoms with Gasteiger partial charge < -0.3 is 5.32 Å². The van der Waals surface area contributed by atoms with Gasteiger partial charge in [-0.3, -0.25) is 4.79 Å². The standard InChI is InChI=1S/C25H22ClN3OS/c1-16-6-5-7-17(2)24(16)29-23(30)15-31-25-22(14-18-10-12-19(26)13-11-18)27-20-8-3-4-9-21(20)28-25/h3-13H,14-15H2,1-2H3,(H,29,30). The van der Waals surface area contributed by atoms with Gasteiger partial charge in [0.05, 0.1) is 22.5 Å². The van der Waals surface area contributed by atoms with Gasteiger partial charge in [-0.25, -0.2) is 9.97 Å². The van der Waals surface area contributed by atoms with E-state index in [1.165, 1.54) is 11.8 Å². The minimum absolute atomic E-state index is 0.0604. The lowest BCUT2D eigenvalue weighted by Crippen LogP contribution is -2.16. The fourth-order valence-corrected chi connectivity index (χ4v) is 4.28. The number of benzene rings is 3. The van der Waals surface area contributed by atoms with E-state index in [1.54, 1.807) is 0 Å². The molecule has 156 valence electrons. The number of aryl methyl sites for hydroxylation is 2. The highest BCUT2D eigenvalue weighted by Crippen LogP contribution is 2.26. The number of thioether (sulfide) groups is 1. The van der Waals surface area contributed by atoms with E-state index in [9.17, 15) is 4.79 Å². The molecule has 0 aliphatic rings. The van der Waals surface area contributed by atoms with Gasteiger partial charge in [0, 0.05) is 17.1 Å². The molecule has 0 radical (unpaired) electrons. The number of anilines is 1. The van der Waals surface area contributed by atoms with Crippen LogP contribution in [-0.4, -0.2) is 21.6 Å². The molecule has 3 aromatic carbocycles. The molecule has 6 heteroatoms. The molecule has 0 atom stereocenters. The fraction of sp³-hybridized carbons (Fsp3) is 0.160. The molecule has 4 aromatic rings. The summed E-state index contributed by atoms with van der Waals surface area (Å²) >= 11 is 7.43. The first-order valence-corrected chi connectivity index (χ1v) is 11.3. The van der Waals surface area contributed by atoms with Crippen LogP contribution in [0.25, 0.3) is 11.0 Å². The number of halogens is 1. The number of fused-ring (bicyclic) bond motifs is 1. The molecular formula is C25H22ClN3OS. The van der Waals surface area contributed by atoms with Crippen LogP contribution in [-0.2, 0) is 11.2 Å². The lowest BCUT2D eigenvalue weighted by Gasteiger charge is -2.12. The number of amides is 1. The maximum Gasteiger partial charge on any atom is 0.234 e. The maximum absolute atomic E-state index is 12.7. The molecule has 0 bridgehead atoms. The Bertz CT molecular complexity index is 1220. The molecule has 0 saturated carbocycles. The van der Waals surface area contributed by atoms with Gasteiger partial charge in [-0.1, -0.05) is 65.8 Å². The molecule has 1 heterocycles. The average Bonchev–Trinajstić information content (AvgIpc) is 2.76. The Kier molecular flexibility index (Phi) is 6.54. The van der Waals surface area contributed by atoms with Gasteiger partial charge in [-0.05, 0) is 54.8 Å². The Hall–Kier alpha value is -2.89.